The number of hydrogen-bond donors (Lipinski definition) is 0. The molecule has 8 heteroatoms. The van der Waals surface area contributed by atoms with Crippen LogP contribution in [0.15, 0.2) is 12.4 Å². The number of likely N-dealkylation sites (tertiary alicyclic amines) is 1. The van der Waals surface area contributed by atoms with Crippen molar-refractivity contribution in [2.75, 3.05) is 36.0 Å². The van der Waals surface area contributed by atoms with Crippen molar-refractivity contribution >= 4 is 21.7 Å². The van der Waals surface area contributed by atoms with Crippen LogP contribution in [0.3, 0.4) is 0 Å². The summed E-state index contributed by atoms with van der Waals surface area (Å²) in [7, 11) is -2.96. The molecular weight excluding hydrogens is 340 g/mol. The van der Waals surface area contributed by atoms with E-state index in [0.717, 1.165) is 25.9 Å². The second kappa shape index (κ2) is 7.27. The predicted molar refractivity (Wildman–Crippen MR) is 96.4 cm³/mol. The van der Waals surface area contributed by atoms with Crippen molar-refractivity contribution in [2.45, 2.75) is 39.2 Å². The van der Waals surface area contributed by atoms with Gasteiger partial charge in [0, 0.05) is 38.1 Å². The van der Waals surface area contributed by atoms with Gasteiger partial charge in [0.05, 0.1) is 17.1 Å². The molecule has 2 saturated heterocycles. The first-order valence-electron chi connectivity index (χ1n) is 8.98. The van der Waals surface area contributed by atoms with E-state index in [0.29, 0.717) is 30.4 Å². The van der Waals surface area contributed by atoms with Gasteiger partial charge in [0.2, 0.25) is 5.95 Å². The minimum absolute atomic E-state index is 0.0235. The number of sulfone groups is 1. The van der Waals surface area contributed by atoms with Gasteiger partial charge >= 0.3 is 0 Å². The Hall–Kier alpha value is -1.70. The van der Waals surface area contributed by atoms with E-state index >= 15 is 0 Å². The molecule has 1 amide bonds. The third-order valence-corrected chi connectivity index (χ3v) is 6.83. The highest BCUT2D eigenvalue weighted by molar-refractivity contribution is 7.91. The van der Waals surface area contributed by atoms with Crippen LogP contribution in [-0.4, -0.2) is 66.4 Å². The summed E-state index contributed by atoms with van der Waals surface area (Å²) in [6.07, 6.45) is 5.93. The summed E-state index contributed by atoms with van der Waals surface area (Å²) < 4.78 is 23.4. The van der Waals surface area contributed by atoms with Crippen LogP contribution >= 0.6 is 0 Å². The molecule has 3 rings (SSSR count). The van der Waals surface area contributed by atoms with Crippen molar-refractivity contribution < 1.29 is 13.2 Å². The third-order valence-electron chi connectivity index (χ3n) is 5.08. The fraction of sp³-hybridized carbons (Fsp3) is 0.706. The van der Waals surface area contributed by atoms with Crippen LogP contribution in [0.25, 0.3) is 0 Å². The highest BCUT2D eigenvalue weighted by atomic mass is 32.2. The molecular formula is C17H26N4O3S. The van der Waals surface area contributed by atoms with Gasteiger partial charge in [-0.1, -0.05) is 6.92 Å². The minimum atomic E-state index is -2.96. The zero-order valence-electron chi connectivity index (χ0n) is 14.9. The van der Waals surface area contributed by atoms with E-state index in [1.165, 1.54) is 0 Å². The van der Waals surface area contributed by atoms with Gasteiger partial charge in [-0.25, -0.2) is 18.4 Å². The SMILES string of the molecule is CCN(c1ncc(C(=O)N2CCCC(C)C2)cn1)C1CCS(=O)(=O)C1. The Morgan fingerprint density at radius 1 is 1.32 bits per heavy atom. The first-order chi connectivity index (χ1) is 11.9. The Balaban J connectivity index is 1.71. The number of anilines is 1. The fourth-order valence-corrected chi connectivity index (χ4v) is 5.45. The van der Waals surface area contributed by atoms with Gasteiger partial charge in [-0.05, 0) is 32.1 Å². The van der Waals surface area contributed by atoms with Gasteiger partial charge in [-0.15, -0.1) is 0 Å². The van der Waals surface area contributed by atoms with Crippen molar-refractivity contribution in [3.8, 4) is 0 Å². The van der Waals surface area contributed by atoms with Crippen molar-refractivity contribution in [1.29, 1.82) is 0 Å². The standard InChI is InChI=1S/C17H26N4O3S/c1-3-21(15-6-8-25(23,24)12-15)17-18-9-14(10-19-17)16(22)20-7-4-5-13(2)11-20/h9-10,13,15H,3-8,11-12H2,1-2H3. The molecule has 138 valence electrons. The summed E-state index contributed by atoms with van der Waals surface area (Å²) in [6, 6.07) is -0.0838. The van der Waals surface area contributed by atoms with Gasteiger partial charge in [-0.2, -0.15) is 0 Å². The molecule has 0 aromatic carbocycles. The molecule has 2 fully saturated rings. The summed E-state index contributed by atoms with van der Waals surface area (Å²) in [5, 5.41) is 0. The highest BCUT2D eigenvalue weighted by Gasteiger charge is 2.33. The van der Waals surface area contributed by atoms with Crippen molar-refractivity contribution in [3.63, 3.8) is 0 Å². The average Bonchev–Trinajstić information content (AvgIpc) is 2.95. The van der Waals surface area contributed by atoms with E-state index in [1.807, 2.05) is 16.7 Å². The summed E-state index contributed by atoms with van der Waals surface area (Å²) in [4.78, 5) is 25.1. The number of hydrogen-bond acceptors (Lipinski definition) is 6. The van der Waals surface area contributed by atoms with Crippen LogP contribution in [0.5, 0.6) is 0 Å². The highest BCUT2D eigenvalue weighted by Crippen LogP contribution is 2.22. The molecule has 2 atom stereocenters. The molecule has 1 aromatic heterocycles. The molecule has 0 spiro atoms. The normalized spacial score (nSPS) is 25.8. The number of nitrogens with zero attached hydrogens (tertiary/aromatic N) is 4. The molecule has 1 aromatic rings. The average molecular weight is 366 g/mol. The topological polar surface area (TPSA) is 83.5 Å². The first kappa shape index (κ1) is 18.1. The summed E-state index contributed by atoms with van der Waals surface area (Å²) in [6.45, 7) is 6.32. The number of carbonyl (C=O) groups is 1. The van der Waals surface area contributed by atoms with Crippen molar-refractivity contribution in [2.24, 2.45) is 5.92 Å². The van der Waals surface area contributed by atoms with Gasteiger partial charge in [0.1, 0.15) is 0 Å². The fourth-order valence-electron chi connectivity index (χ4n) is 3.72. The number of rotatable bonds is 4. The van der Waals surface area contributed by atoms with Crippen LogP contribution in [0.2, 0.25) is 0 Å². The van der Waals surface area contributed by atoms with Crippen LogP contribution in [-0.2, 0) is 9.84 Å². The lowest BCUT2D eigenvalue weighted by molar-refractivity contribution is 0.0682. The van der Waals surface area contributed by atoms with Crippen LogP contribution in [0.4, 0.5) is 5.95 Å². The molecule has 25 heavy (non-hydrogen) atoms. The Morgan fingerprint density at radius 3 is 2.60 bits per heavy atom. The molecule has 0 saturated carbocycles. The summed E-state index contributed by atoms with van der Waals surface area (Å²) in [5.74, 6) is 1.37. The van der Waals surface area contributed by atoms with Crippen molar-refractivity contribution in [3.05, 3.63) is 18.0 Å². The number of piperidine rings is 1. The smallest absolute Gasteiger partial charge is 0.257 e. The lowest BCUT2D eigenvalue weighted by atomic mass is 10.00. The van der Waals surface area contributed by atoms with E-state index in [4.69, 9.17) is 0 Å². The first-order valence-corrected chi connectivity index (χ1v) is 10.8. The van der Waals surface area contributed by atoms with Crippen LogP contribution in [0, 0.1) is 5.92 Å². The van der Waals surface area contributed by atoms with Gasteiger partial charge < -0.3 is 9.80 Å². The van der Waals surface area contributed by atoms with E-state index < -0.39 is 9.84 Å². The Bertz CT molecular complexity index is 720. The molecule has 3 heterocycles. The van der Waals surface area contributed by atoms with Gasteiger partial charge in [0.15, 0.2) is 9.84 Å². The molecule has 0 aliphatic carbocycles. The van der Waals surface area contributed by atoms with E-state index in [1.54, 1.807) is 12.4 Å². The predicted octanol–water partition coefficient (Wildman–Crippen LogP) is 1.36. The second-order valence-corrected chi connectivity index (χ2v) is 9.34. The summed E-state index contributed by atoms with van der Waals surface area (Å²) >= 11 is 0. The maximum atomic E-state index is 12.6. The number of amides is 1. The second-order valence-electron chi connectivity index (χ2n) is 7.11. The Morgan fingerprint density at radius 2 is 2.04 bits per heavy atom. The maximum Gasteiger partial charge on any atom is 0.257 e. The molecule has 7 nitrogen and oxygen atoms in total. The zero-order valence-corrected chi connectivity index (χ0v) is 15.7. The summed E-state index contributed by atoms with van der Waals surface area (Å²) in [5.41, 5.74) is 0.493. The minimum Gasteiger partial charge on any atom is -0.338 e. The van der Waals surface area contributed by atoms with Crippen molar-refractivity contribution in [1.82, 2.24) is 14.9 Å². The van der Waals surface area contributed by atoms with E-state index in [2.05, 4.69) is 16.9 Å². The Kier molecular flexibility index (Phi) is 5.27. The lowest BCUT2D eigenvalue weighted by Gasteiger charge is -2.31. The molecule has 0 N–H and O–H groups in total. The van der Waals surface area contributed by atoms with Crippen LogP contribution in [0.1, 0.15) is 43.5 Å². The number of carbonyl (C=O) groups excluding carboxylic acids is 1. The molecule has 0 bridgehead atoms. The van der Waals surface area contributed by atoms with E-state index in [-0.39, 0.29) is 23.5 Å². The molecule has 0 radical (unpaired) electrons. The Labute approximate surface area is 149 Å². The zero-order chi connectivity index (χ0) is 18.0. The van der Waals surface area contributed by atoms with Crippen LogP contribution < -0.4 is 4.90 Å². The maximum absolute atomic E-state index is 12.6. The third kappa shape index (κ3) is 4.11. The van der Waals surface area contributed by atoms with E-state index in [9.17, 15) is 13.2 Å². The largest absolute Gasteiger partial charge is 0.338 e. The van der Waals surface area contributed by atoms with Gasteiger partial charge in [0.25, 0.3) is 5.91 Å². The van der Waals surface area contributed by atoms with Gasteiger partial charge in [-0.3, -0.25) is 4.79 Å². The lowest BCUT2D eigenvalue weighted by Crippen LogP contribution is -2.39. The molecule has 2 aliphatic heterocycles. The quantitative estimate of drug-likeness (QED) is 0.800. The number of aromatic nitrogens is 2. The monoisotopic (exact) mass is 366 g/mol. The molecule has 2 unspecified atom stereocenters. The molecule has 2 aliphatic rings.